The lowest BCUT2D eigenvalue weighted by molar-refractivity contribution is -0.127. The van der Waals surface area contributed by atoms with Gasteiger partial charge in [0.1, 0.15) is 0 Å². The van der Waals surface area contributed by atoms with E-state index in [4.69, 9.17) is 5.11 Å². The second kappa shape index (κ2) is 6.53. The first kappa shape index (κ1) is 15.4. The van der Waals surface area contributed by atoms with Crippen LogP contribution in [-0.4, -0.2) is 36.2 Å². The minimum Gasteiger partial charge on any atom is -0.396 e. The molecule has 0 aromatic rings. The lowest BCUT2D eigenvalue weighted by Crippen LogP contribution is -2.53. The zero-order valence-corrected chi connectivity index (χ0v) is 12.0. The van der Waals surface area contributed by atoms with Crippen LogP contribution in [0.4, 0.5) is 0 Å². The van der Waals surface area contributed by atoms with Crippen molar-refractivity contribution in [1.82, 2.24) is 10.6 Å². The molecular weight excluding hydrogens is 228 g/mol. The Labute approximate surface area is 111 Å². The smallest absolute Gasteiger partial charge is 0.240 e. The Kier molecular flexibility index (Phi) is 5.60. The molecule has 1 amide bonds. The van der Waals surface area contributed by atoms with Crippen LogP contribution in [-0.2, 0) is 4.79 Å². The molecule has 1 atom stereocenters. The summed E-state index contributed by atoms with van der Waals surface area (Å²) in [6.07, 6.45) is 4.69. The summed E-state index contributed by atoms with van der Waals surface area (Å²) >= 11 is 0. The minimum atomic E-state index is -0.396. The molecule has 0 aromatic heterocycles. The fourth-order valence-electron chi connectivity index (χ4n) is 2.73. The number of amides is 1. The highest BCUT2D eigenvalue weighted by Gasteiger charge is 2.37. The van der Waals surface area contributed by atoms with Crippen molar-refractivity contribution >= 4 is 5.91 Å². The predicted molar refractivity (Wildman–Crippen MR) is 73.4 cm³/mol. The molecule has 0 radical (unpaired) electrons. The first-order chi connectivity index (χ1) is 8.52. The number of aliphatic hydroxyl groups is 1. The lowest BCUT2D eigenvalue weighted by atomic mass is 9.79. The predicted octanol–water partition coefficient (Wildman–Crippen LogP) is 1.43. The van der Waals surface area contributed by atoms with Crippen LogP contribution in [0.5, 0.6) is 0 Å². The molecule has 0 spiro atoms. The molecular formula is C14H28N2O2. The molecule has 1 unspecified atom stereocenters. The van der Waals surface area contributed by atoms with Gasteiger partial charge in [-0.1, -0.05) is 13.8 Å². The maximum atomic E-state index is 12.2. The topological polar surface area (TPSA) is 61.4 Å². The average molecular weight is 256 g/mol. The van der Waals surface area contributed by atoms with Crippen LogP contribution in [0.2, 0.25) is 0 Å². The molecule has 106 valence electrons. The standard InChI is InChI=1S/C14H28N2O2/c1-4-14(5-2,8-10-17)11-15-12(18)13(3)7-6-9-16-13/h16-17H,4-11H2,1-3H3,(H,15,18). The quantitative estimate of drug-likeness (QED) is 0.646. The number of carbonyl (C=O) groups is 1. The van der Waals surface area contributed by atoms with E-state index in [2.05, 4.69) is 24.5 Å². The van der Waals surface area contributed by atoms with Crippen molar-refractivity contribution in [3.63, 3.8) is 0 Å². The molecule has 1 heterocycles. The Bertz CT molecular complexity index is 269. The number of nitrogens with one attached hydrogen (secondary N) is 2. The average Bonchev–Trinajstić information content (AvgIpc) is 2.82. The molecule has 4 nitrogen and oxygen atoms in total. The highest BCUT2D eigenvalue weighted by atomic mass is 16.3. The van der Waals surface area contributed by atoms with Gasteiger partial charge >= 0.3 is 0 Å². The summed E-state index contributed by atoms with van der Waals surface area (Å²) < 4.78 is 0. The first-order valence-corrected chi connectivity index (χ1v) is 7.16. The van der Waals surface area contributed by atoms with Gasteiger partial charge in [-0.25, -0.2) is 0 Å². The summed E-state index contributed by atoms with van der Waals surface area (Å²) in [6, 6.07) is 0. The zero-order valence-electron chi connectivity index (χ0n) is 12.0. The Hall–Kier alpha value is -0.610. The van der Waals surface area contributed by atoms with E-state index in [1.807, 2.05) is 6.92 Å². The fraction of sp³-hybridized carbons (Fsp3) is 0.929. The SMILES string of the molecule is CCC(CC)(CCO)CNC(=O)C1(C)CCCN1. The maximum absolute atomic E-state index is 12.2. The molecule has 0 bridgehead atoms. The molecule has 18 heavy (non-hydrogen) atoms. The van der Waals surface area contributed by atoms with E-state index in [0.29, 0.717) is 6.54 Å². The number of hydrogen-bond acceptors (Lipinski definition) is 3. The summed E-state index contributed by atoms with van der Waals surface area (Å²) in [5.74, 6) is 0.101. The highest BCUT2D eigenvalue weighted by Crippen LogP contribution is 2.29. The molecule has 0 aliphatic carbocycles. The summed E-state index contributed by atoms with van der Waals surface area (Å²) in [5, 5.41) is 15.5. The Balaban J connectivity index is 2.54. The van der Waals surface area contributed by atoms with Crippen LogP contribution in [0.25, 0.3) is 0 Å². The van der Waals surface area contributed by atoms with Crippen LogP contribution in [0.1, 0.15) is 52.9 Å². The van der Waals surface area contributed by atoms with Gasteiger partial charge < -0.3 is 15.7 Å². The van der Waals surface area contributed by atoms with Gasteiger partial charge in [0.05, 0.1) is 5.54 Å². The van der Waals surface area contributed by atoms with E-state index < -0.39 is 5.54 Å². The van der Waals surface area contributed by atoms with Gasteiger partial charge in [0.2, 0.25) is 5.91 Å². The molecule has 1 aliphatic rings. The maximum Gasteiger partial charge on any atom is 0.240 e. The molecule has 1 saturated heterocycles. The second-order valence-corrected chi connectivity index (χ2v) is 5.73. The van der Waals surface area contributed by atoms with Crippen molar-refractivity contribution in [3.8, 4) is 0 Å². The fourth-order valence-corrected chi connectivity index (χ4v) is 2.73. The van der Waals surface area contributed by atoms with Gasteiger partial charge in [0, 0.05) is 13.2 Å². The summed E-state index contributed by atoms with van der Waals surface area (Å²) in [5.41, 5.74) is -0.355. The minimum absolute atomic E-state index is 0.0410. The summed E-state index contributed by atoms with van der Waals surface area (Å²) in [7, 11) is 0. The summed E-state index contributed by atoms with van der Waals surface area (Å²) in [6.45, 7) is 8.00. The van der Waals surface area contributed by atoms with Gasteiger partial charge in [-0.15, -0.1) is 0 Å². The van der Waals surface area contributed by atoms with Crippen LogP contribution in [0, 0.1) is 5.41 Å². The van der Waals surface area contributed by atoms with Crippen molar-refractivity contribution in [2.75, 3.05) is 19.7 Å². The Morgan fingerprint density at radius 2 is 2.11 bits per heavy atom. The van der Waals surface area contributed by atoms with Gasteiger partial charge in [-0.2, -0.15) is 0 Å². The van der Waals surface area contributed by atoms with Crippen LogP contribution < -0.4 is 10.6 Å². The van der Waals surface area contributed by atoms with Gasteiger partial charge in [0.25, 0.3) is 0 Å². The van der Waals surface area contributed by atoms with E-state index >= 15 is 0 Å². The van der Waals surface area contributed by atoms with E-state index in [1.54, 1.807) is 0 Å². The largest absolute Gasteiger partial charge is 0.396 e. The van der Waals surface area contributed by atoms with Gasteiger partial charge in [-0.05, 0) is 51.0 Å². The third-order valence-electron chi connectivity index (χ3n) is 4.64. The van der Waals surface area contributed by atoms with E-state index in [-0.39, 0.29) is 17.9 Å². The van der Waals surface area contributed by atoms with Crippen LogP contribution in [0.15, 0.2) is 0 Å². The molecule has 0 saturated carbocycles. The zero-order chi connectivity index (χ0) is 13.6. The van der Waals surface area contributed by atoms with Crippen molar-refractivity contribution in [2.45, 2.75) is 58.4 Å². The molecule has 1 aliphatic heterocycles. The third kappa shape index (κ3) is 3.45. The number of carbonyl (C=O) groups excluding carboxylic acids is 1. The van der Waals surface area contributed by atoms with E-state index in [0.717, 1.165) is 38.6 Å². The number of hydrogen-bond donors (Lipinski definition) is 3. The van der Waals surface area contributed by atoms with Gasteiger partial charge in [0.15, 0.2) is 0 Å². The highest BCUT2D eigenvalue weighted by molar-refractivity contribution is 5.86. The molecule has 1 rings (SSSR count). The van der Waals surface area contributed by atoms with Gasteiger partial charge in [-0.3, -0.25) is 4.79 Å². The monoisotopic (exact) mass is 256 g/mol. The normalized spacial score (nSPS) is 24.2. The van der Waals surface area contributed by atoms with Crippen molar-refractivity contribution in [3.05, 3.63) is 0 Å². The van der Waals surface area contributed by atoms with Crippen molar-refractivity contribution in [2.24, 2.45) is 5.41 Å². The first-order valence-electron chi connectivity index (χ1n) is 7.16. The van der Waals surface area contributed by atoms with E-state index in [1.165, 1.54) is 0 Å². The van der Waals surface area contributed by atoms with E-state index in [9.17, 15) is 4.79 Å². The van der Waals surface area contributed by atoms with Crippen LogP contribution in [0.3, 0.4) is 0 Å². The number of aliphatic hydroxyl groups excluding tert-OH is 1. The molecule has 4 heteroatoms. The van der Waals surface area contributed by atoms with Crippen LogP contribution >= 0.6 is 0 Å². The van der Waals surface area contributed by atoms with Crippen molar-refractivity contribution < 1.29 is 9.90 Å². The number of rotatable bonds is 7. The molecule has 1 fully saturated rings. The second-order valence-electron chi connectivity index (χ2n) is 5.73. The Morgan fingerprint density at radius 3 is 2.56 bits per heavy atom. The summed E-state index contributed by atoms with van der Waals surface area (Å²) in [4.78, 5) is 12.2. The molecule has 0 aromatic carbocycles. The third-order valence-corrected chi connectivity index (χ3v) is 4.64. The lowest BCUT2D eigenvalue weighted by Gasteiger charge is -2.33. The molecule has 3 N–H and O–H groups in total. The Morgan fingerprint density at radius 1 is 1.44 bits per heavy atom. The van der Waals surface area contributed by atoms with Crippen molar-refractivity contribution in [1.29, 1.82) is 0 Å².